The fourth-order valence-corrected chi connectivity index (χ4v) is 3.16. The molecule has 2 rings (SSSR count). The van der Waals surface area contributed by atoms with E-state index < -0.39 is 0 Å². The molecule has 2 aromatic carbocycles. The third kappa shape index (κ3) is 4.85. The molecule has 0 heterocycles. The van der Waals surface area contributed by atoms with Crippen LogP contribution in [0.3, 0.4) is 0 Å². The van der Waals surface area contributed by atoms with Gasteiger partial charge in [0.2, 0.25) is 5.91 Å². The zero-order chi connectivity index (χ0) is 16.7. The molecule has 0 aliphatic rings. The molecule has 23 heavy (non-hydrogen) atoms. The minimum Gasteiger partial charge on any atom is -0.349 e. The summed E-state index contributed by atoms with van der Waals surface area (Å²) >= 11 is 1.81. The summed E-state index contributed by atoms with van der Waals surface area (Å²) in [5, 5.41) is 3.07. The van der Waals surface area contributed by atoms with Crippen LogP contribution in [0.5, 0.6) is 0 Å². The van der Waals surface area contributed by atoms with Crippen molar-refractivity contribution in [2.45, 2.75) is 30.7 Å². The molecule has 0 fully saturated rings. The van der Waals surface area contributed by atoms with Gasteiger partial charge in [-0.1, -0.05) is 49.4 Å². The van der Waals surface area contributed by atoms with E-state index in [1.54, 1.807) is 0 Å². The van der Waals surface area contributed by atoms with Crippen molar-refractivity contribution >= 4 is 17.7 Å². The fraction of sp³-hybridized carbons (Fsp3) is 0.316. The van der Waals surface area contributed by atoms with Gasteiger partial charge in [0, 0.05) is 11.4 Å². The molecule has 0 aromatic heterocycles. The molecule has 122 valence electrons. The SMILES string of the molecule is CCSc1ccc(C(C)NC(=O)C(CN)c2ccccc2)cc1. The molecule has 0 aliphatic heterocycles. The Kier molecular flexibility index (Phi) is 6.68. The number of carbonyl (C=O) groups excluding carboxylic acids is 1. The third-order valence-electron chi connectivity index (χ3n) is 3.80. The van der Waals surface area contributed by atoms with Crippen LogP contribution in [0.15, 0.2) is 59.5 Å². The molecule has 0 saturated carbocycles. The molecule has 2 atom stereocenters. The van der Waals surface area contributed by atoms with E-state index in [9.17, 15) is 4.79 Å². The number of hydrogen-bond donors (Lipinski definition) is 2. The van der Waals surface area contributed by atoms with E-state index in [0.29, 0.717) is 6.54 Å². The van der Waals surface area contributed by atoms with E-state index in [4.69, 9.17) is 5.73 Å². The third-order valence-corrected chi connectivity index (χ3v) is 4.70. The van der Waals surface area contributed by atoms with Crippen molar-refractivity contribution in [3.8, 4) is 0 Å². The Balaban J connectivity index is 2.03. The first-order valence-electron chi connectivity index (χ1n) is 7.93. The van der Waals surface area contributed by atoms with Gasteiger partial charge in [0.05, 0.1) is 12.0 Å². The van der Waals surface area contributed by atoms with Gasteiger partial charge in [0.1, 0.15) is 0 Å². The first-order valence-corrected chi connectivity index (χ1v) is 8.92. The number of hydrogen-bond acceptors (Lipinski definition) is 3. The summed E-state index contributed by atoms with van der Waals surface area (Å²) in [5.41, 5.74) is 7.86. The molecule has 0 bridgehead atoms. The predicted octanol–water partition coefficient (Wildman–Crippen LogP) is 3.72. The summed E-state index contributed by atoms with van der Waals surface area (Å²) in [4.78, 5) is 13.8. The maximum absolute atomic E-state index is 12.5. The second-order valence-electron chi connectivity index (χ2n) is 5.43. The summed E-state index contributed by atoms with van der Waals surface area (Å²) in [6.07, 6.45) is 0. The maximum Gasteiger partial charge on any atom is 0.229 e. The zero-order valence-corrected chi connectivity index (χ0v) is 14.5. The second kappa shape index (κ2) is 8.75. The maximum atomic E-state index is 12.5. The van der Waals surface area contributed by atoms with Crippen LogP contribution >= 0.6 is 11.8 Å². The van der Waals surface area contributed by atoms with Gasteiger partial charge in [-0.2, -0.15) is 0 Å². The van der Waals surface area contributed by atoms with E-state index in [1.807, 2.05) is 49.0 Å². The highest BCUT2D eigenvalue weighted by atomic mass is 32.2. The Morgan fingerprint density at radius 2 is 1.74 bits per heavy atom. The molecule has 3 N–H and O–H groups in total. The van der Waals surface area contributed by atoms with Crippen molar-refractivity contribution in [3.05, 3.63) is 65.7 Å². The number of benzene rings is 2. The Bertz CT molecular complexity index is 613. The number of rotatable bonds is 7. The highest BCUT2D eigenvalue weighted by Crippen LogP contribution is 2.22. The monoisotopic (exact) mass is 328 g/mol. The smallest absolute Gasteiger partial charge is 0.229 e. The lowest BCUT2D eigenvalue weighted by Gasteiger charge is -2.20. The van der Waals surface area contributed by atoms with E-state index in [-0.39, 0.29) is 17.9 Å². The van der Waals surface area contributed by atoms with Gasteiger partial charge >= 0.3 is 0 Å². The minimum absolute atomic E-state index is 0.0294. The normalized spacial score (nSPS) is 13.3. The van der Waals surface area contributed by atoms with Gasteiger partial charge < -0.3 is 11.1 Å². The molecule has 0 spiro atoms. The number of thioether (sulfide) groups is 1. The Morgan fingerprint density at radius 1 is 1.09 bits per heavy atom. The molecule has 0 radical (unpaired) electrons. The van der Waals surface area contributed by atoms with E-state index >= 15 is 0 Å². The number of nitrogens with one attached hydrogen (secondary N) is 1. The van der Waals surface area contributed by atoms with Crippen LogP contribution in [0.2, 0.25) is 0 Å². The predicted molar refractivity (Wildman–Crippen MR) is 97.6 cm³/mol. The molecule has 0 aliphatic carbocycles. The van der Waals surface area contributed by atoms with Gasteiger partial charge in [-0.05, 0) is 35.9 Å². The van der Waals surface area contributed by atoms with Crippen LogP contribution in [-0.4, -0.2) is 18.2 Å². The highest BCUT2D eigenvalue weighted by Gasteiger charge is 2.20. The quantitative estimate of drug-likeness (QED) is 0.762. The van der Waals surface area contributed by atoms with Crippen molar-refractivity contribution in [1.82, 2.24) is 5.32 Å². The van der Waals surface area contributed by atoms with Crippen LogP contribution in [0, 0.1) is 0 Å². The first-order chi connectivity index (χ1) is 11.2. The minimum atomic E-state index is -0.312. The fourth-order valence-electron chi connectivity index (χ4n) is 2.50. The van der Waals surface area contributed by atoms with Gasteiger partial charge in [-0.25, -0.2) is 0 Å². The average molecular weight is 328 g/mol. The van der Waals surface area contributed by atoms with Crippen LogP contribution < -0.4 is 11.1 Å². The van der Waals surface area contributed by atoms with Gasteiger partial charge in [0.15, 0.2) is 0 Å². The van der Waals surface area contributed by atoms with Crippen molar-refractivity contribution in [1.29, 1.82) is 0 Å². The summed E-state index contributed by atoms with van der Waals surface area (Å²) in [5.74, 6) is 0.715. The number of amides is 1. The van der Waals surface area contributed by atoms with Crippen LogP contribution in [-0.2, 0) is 4.79 Å². The summed E-state index contributed by atoms with van der Waals surface area (Å²) in [6.45, 7) is 4.44. The molecule has 0 saturated heterocycles. The van der Waals surface area contributed by atoms with Gasteiger partial charge in [-0.3, -0.25) is 4.79 Å². The molecule has 3 nitrogen and oxygen atoms in total. The molecule has 2 unspecified atom stereocenters. The summed E-state index contributed by atoms with van der Waals surface area (Å²) < 4.78 is 0. The lowest BCUT2D eigenvalue weighted by Crippen LogP contribution is -2.35. The Labute approximate surface area is 142 Å². The summed E-state index contributed by atoms with van der Waals surface area (Å²) in [6, 6.07) is 18.0. The van der Waals surface area contributed by atoms with E-state index in [0.717, 1.165) is 16.9 Å². The zero-order valence-electron chi connectivity index (χ0n) is 13.7. The van der Waals surface area contributed by atoms with E-state index in [1.165, 1.54) is 4.90 Å². The van der Waals surface area contributed by atoms with Crippen LogP contribution in [0.1, 0.15) is 36.9 Å². The van der Waals surface area contributed by atoms with Crippen molar-refractivity contribution < 1.29 is 4.79 Å². The molecular formula is C19H24N2OS. The van der Waals surface area contributed by atoms with Crippen LogP contribution in [0.25, 0.3) is 0 Å². The van der Waals surface area contributed by atoms with Gasteiger partial charge in [0.25, 0.3) is 0 Å². The molecule has 2 aromatic rings. The molecule has 4 heteroatoms. The van der Waals surface area contributed by atoms with Crippen molar-refractivity contribution in [2.75, 3.05) is 12.3 Å². The molecular weight excluding hydrogens is 304 g/mol. The van der Waals surface area contributed by atoms with Gasteiger partial charge in [-0.15, -0.1) is 11.8 Å². The summed E-state index contributed by atoms with van der Waals surface area (Å²) in [7, 11) is 0. The van der Waals surface area contributed by atoms with E-state index in [2.05, 4.69) is 36.5 Å². The van der Waals surface area contributed by atoms with Crippen molar-refractivity contribution in [3.63, 3.8) is 0 Å². The largest absolute Gasteiger partial charge is 0.349 e. The highest BCUT2D eigenvalue weighted by molar-refractivity contribution is 7.99. The standard InChI is InChI=1S/C19H24N2OS/c1-3-23-17-11-9-15(10-12-17)14(2)21-19(22)18(13-20)16-7-5-4-6-8-16/h4-12,14,18H,3,13,20H2,1-2H3,(H,21,22). The number of carbonyl (C=O) groups is 1. The molecule has 1 amide bonds. The Hall–Kier alpha value is -1.78. The Morgan fingerprint density at radius 3 is 2.30 bits per heavy atom. The van der Waals surface area contributed by atoms with Crippen molar-refractivity contribution in [2.24, 2.45) is 5.73 Å². The second-order valence-corrected chi connectivity index (χ2v) is 6.77. The topological polar surface area (TPSA) is 55.1 Å². The first kappa shape index (κ1) is 17.6. The van der Waals surface area contributed by atoms with Crippen LogP contribution in [0.4, 0.5) is 0 Å². The lowest BCUT2D eigenvalue weighted by atomic mass is 9.97. The average Bonchev–Trinajstić information content (AvgIpc) is 2.57. The lowest BCUT2D eigenvalue weighted by molar-refractivity contribution is -0.123. The number of nitrogens with two attached hydrogens (primary N) is 1.